The van der Waals surface area contributed by atoms with Crippen molar-refractivity contribution in [1.82, 2.24) is 4.98 Å². The van der Waals surface area contributed by atoms with E-state index in [0.717, 1.165) is 11.3 Å². The minimum absolute atomic E-state index is 0.112. The largest absolute Gasteiger partial charge is 0.508 e. The van der Waals surface area contributed by atoms with E-state index in [1.165, 1.54) is 0 Å². The minimum Gasteiger partial charge on any atom is -0.508 e. The van der Waals surface area contributed by atoms with Crippen molar-refractivity contribution >= 4 is 5.97 Å². The van der Waals surface area contributed by atoms with Crippen molar-refractivity contribution in [2.24, 2.45) is 0 Å². The topological polar surface area (TPSA) is 59.4 Å². The zero-order valence-electron chi connectivity index (χ0n) is 12.0. The average molecular weight is 285 g/mol. The first-order chi connectivity index (χ1) is 10.2. The summed E-state index contributed by atoms with van der Waals surface area (Å²) in [5.41, 5.74) is 1.63. The summed E-state index contributed by atoms with van der Waals surface area (Å²) in [7, 11) is 0. The Morgan fingerprint density at radius 3 is 2.67 bits per heavy atom. The van der Waals surface area contributed by atoms with Crippen LogP contribution in [-0.4, -0.2) is 22.7 Å². The maximum atomic E-state index is 11.8. The Hall–Kier alpha value is -2.36. The third-order valence-corrected chi connectivity index (χ3v) is 3.28. The molecule has 2 rings (SSSR count). The van der Waals surface area contributed by atoms with Crippen molar-refractivity contribution in [3.63, 3.8) is 0 Å². The maximum Gasteiger partial charge on any atom is 0.306 e. The molecular weight excluding hydrogens is 266 g/mol. The van der Waals surface area contributed by atoms with Gasteiger partial charge >= 0.3 is 5.97 Å². The normalized spacial score (nSPS) is 11.9. The van der Waals surface area contributed by atoms with Crippen LogP contribution in [0.15, 0.2) is 48.7 Å². The van der Waals surface area contributed by atoms with Crippen LogP contribution in [0.3, 0.4) is 0 Å². The second-order valence-electron chi connectivity index (χ2n) is 4.79. The first kappa shape index (κ1) is 15.0. The number of hydrogen-bond acceptors (Lipinski definition) is 4. The van der Waals surface area contributed by atoms with E-state index in [4.69, 9.17) is 4.74 Å². The molecule has 1 aromatic carbocycles. The number of pyridine rings is 1. The molecule has 1 atom stereocenters. The molecule has 110 valence electrons. The smallest absolute Gasteiger partial charge is 0.306 e. The molecule has 0 aliphatic rings. The average Bonchev–Trinajstić information content (AvgIpc) is 2.50. The maximum absolute atomic E-state index is 11.8. The fourth-order valence-electron chi connectivity index (χ4n) is 2.27. The number of hydrogen-bond donors (Lipinski definition) is 1. The number of rotatable bonds is 6. The van der Waals surface area contributed by atoms with Gasteiger partial charge in [-0.25, -0.2) is 0 Å². The zero-order chi connectivity index (χ0) is 15.1. The van der Waals surface area contributed by atoms with Gasteiger partial charge in [-0.15, -0.1) is 0 Å². The third kappa shape index (κ3) is 4.31. The Morgan fingerprint density at radius 2 is 2.00 bits per heavy atom. The Labute approximate surface area is 124 Å². The van der Waals surface area contributed by atoms with Gasteiger partial charge < -0.3 is 9.84 Å². The molecular formula is C17H19NO3. The molecule has 1 N–H and O–H groups in total. The van der Waals surface area contributed by atoms with Crippen molar-refractivity contribution < 1.29 is 14.6 Å². The Morgan fingerprint density at radius 1 is 1.24 bits per heavy atom. The Balaban J connectivity index is 2.20. The number of aromatic nitrogens is 1. The molecule has 0 aliphatic carbocycles. The summed E-state index contributed by atoms with van der Waals surface area (Å²) >= 11 is 0. The lowest BCUT2D eigenvalue weighted by molar-refractivity contribution is -0.143. The van der Waals surface area contributed by atoms with Crippen molar-refractivity contribution in [2.45, 2.75) is 25.7 Å². The van der Waals surface area contributed by atoms with Crippen LogP contribution in [-0.2, 0) is 16.0 Å². The van der Waals surface area contributed by atoms with Crippen molar-refractivity contribution in [3.05, 3.63) is 59.9 Å². The van der Waals surface area contributed by atoms with E-state index in [-0.39, 0.29) is 24.1 Å². The summed E-state index contributed by atoms with van der Waals surface area (Å²) in [5, 5.41) is 9.91. The standard InChI is InChI=1S/C17H19NO3/c1-2-21-17(20)12-14(15-8-5-6-10-18-15)11-13-7-3-4-9-16(13)19/h3-10,14,19H,2,11-12H2,1H3. The number of ether oxygens (including phenoxy) is 1. The van der Waals surface area contributed by atoms with E-state index in [1.54, 1.807) is 25.3 Å². The summed E-state index contributed by atoms with van der Waals surface area (Å²) in [5.74, 6) is -0.121. The van der Waals surface area contributed by atoms with Gasteiger partial charge in [-0.05, 0) is 37.1 Å². The molecule has 4 heteroatoms. The number of phenols is 1. The second-order valence-corrected chi connectivity index (χ2v) is 4.79. The Bertz CT molecular complexity index is 584. The lowest BCUT2D eigenvalue weighted by atomic mass is 9.92. The van der Waals surface area contributed by atoms with Crippen LogP contribution < -0.4 is 0 Å². The highest BCUT2D eigenvalue weighted by atomic mass is 16.5. The number of carbonyl (C=O) groups is 1. The van der Waals surface area contributed by atoms with Crippen molar-refractivity contribution in [3.8, 4) is 5.75 Å². The van der Waals surface area contributed by atoms with Crippen LogP contribution in [0.5, 0.6) is 5.75 Å². The highest BCUT2D eigenvalue weighted by Gasteiger charge is 2.19. The van der Waals surface area contributed by atoms with Gasteiger partial charge in [0.2, 0.25) is 0 Å². The highest BCUT2D eigenvalue weighted by molar-refractivity contribution is 5.70. The molecule has 0 amide bonds. The second kappa shape index (κ2) is 7.43. The molecule has 4 nitrogen and oxygen atoms in total. The summed E-state index contributed by atoms with van der Waals surface area (Å²) in [6, 6.07) is 12.8. The number of esters is 1. The molecule has 1 unspecified atom stereocenters. The van der Waals surface area contributed by atoms with Gasteiger partial charge in [0.25, 0.3) is 0 Å². The van der Waals surface area contributed by atoms with Gasteiger partial charge in [-0.1, -0.05) is 24.3 Å². The third-order valence-electron chi connectivity index (χ3n) is 3.28. The van der Waals surface area contributed by atoms with Gasteiger partial charge in [-0.3, -0.25) is 9.78 Å². The molecule has 0 bridgehead atoms. The SMILES string of the molecule is CCOC(=O)CC(Cc1ccccc1O)c1ccccn1. The molecule has 0 radical (unpaired) electrons. The fraction of sp³-hybridized carbons (Fsp3) is 0.294. The lowest BCUT2D eigenvalue weighted by Gasteiger charge is -2.16. The predicted molar refractivity (Wildman–Crippen MR) is 80.0 cm³/mol. The van der Waals surface area contributed by atoms with Gasteiger partial charge in [0.1, 0.15) is 5.75 Å². The number of aromatic hydroxyl groups is 1. The summed E-state index contributed by atoms with van der Waals surface area (Å²) < 4.78 is 5.03. The Kier molecular flexibility index (Phi) is 5.32. The summed E-state index contributed by atoms with van der Waals surface area (Å²) in [6.45, 7) is 2.15. The molecule has 0 spiro atoms. The van der Waals surface area contributed by atoms with Gasteiger partial charge in [0, 0.05) is 17.8 Å². The highest BCUT2D eigenvalue weighted by Crippen LogP contribution is 2.27. The van der Waals surface area contributed by atoms with E-state index >= 15 is 0 Å². The van der Waals surface area contributed by atoms with E-state index < -0.39 is 0 Å². The quantitative estimate of drug-likeness (QED) is 0.829. The summed E-state index contributed by atoms with van der Waals surface area (Å²) in [6.07, 6.45) is 2.50. The van der Waals surface area contributed by atoms with Crippen molar-refractivity contribution in [1.29, 1.82) is 0 Å². The van der Waals surface area contributed by atoms with Gasteiger partial charge in [0.15, 0.2) is 0 Å². The van der Waals surface area contributed by atoms with Crippen LogP contribution >= 0.6 is 0 Å². The number of carbonyl (C=O) groups excluding carboxylic acids is 1. The number of benzene rings is 1. The first-order valence-electron chi connectivity index (χ1n) is 7.04. The van der Waals surface area contributed by atoms with Crippen LogP contribution in [0.2, 0.25) is 0 Å². The van der Waals surface area contributed by atoms with Crippen LogP contribution in [0.4, 0.5) is 0 Å². The van der Waals surface area contributed by atoms with Gasteiger partial charge in [0.05, 0.1) is 13.0 Å². The van der Waals surface area contributed by atoms with Crippen LogP contribution in [0.1, 0.15) is 30.5 Å². The molecule has 1 aromatic heterocycles. The molecule has 21 heavy (non-hydrogen) atoms. The molecule has 0 saturated carbocycles. The van der Waals surface area contributed by atoms with Crippen LogP contribution in [0, 0.1) is 0 Å². The molecule has 1 heterocycles. The molecule has 0 aliphatic heterocycles. The lowest BCUT2D eigenvalue weighted by Crippen LogP contribution is -2.13. The number of phenolic OH excluding ortho intramolecular Hbond substituents is 1. The first-order valence-corrected chi connectivity index (χ1v) is 7.04. The molecule has 0 fully saturated rings. The van der Waals surface area contributed by atoms with E-state index in [2.05, 4.69) is 4.98 Å². The monoisotopic (exact) mass is 285 g/mol. The van der Waals surface area contributed by atoms with Crippen LogP contribution in [0.25, 0.3) is 0 Å². The molecule has 2 aromatic rings. The van der Waals surface area contributed by atoms with E-state index in [1.807, 2.05) is 30.3 Å². The fourth-order valence-corrected chi connectivity index (χ4v) is 2.27. The van der Waals surface area contributed by atoms with Gasteiger partial charge in [-0.2, -0.15) is 0 Å². The zero-order valence-corrected chi connectivity index (χ0v) is 12.0. The van der Waals surface area contributed by atoms with E-state index in [0.29, 0.717) is 13.0 Å². The summed E-state index contributed by atoms with van der Waals surface area (Å²) in [4.78, 5) is 16.1. The number of para-hydroxylation sites is 1. The minimum atomic E-state index is -0.247. The molecule has 0 saturated heterocycles. The number of nitrogens with zero attached hydrogens (tertiary/aromatic N) is 1. The predicted octanol–water partition coefficient (Wildman–Crippen LogP) is 3.07. The van der Waals surface area contributed by atoms with E-state index in [9.17, 15) is 9.90 Å². The van der Waals surface area contributed by atoms with Crippen molar-refractivity contribution in [2.75, 3.05) is 6.61 Å².